The maximum Gasteiger partial charge on any atom is 0.492 e. The molecule has 1 fully saturated rings. The molecule has 3 heterocycles. The quantitative estimate of drug-likeness (QED) is 0.742. The molecule has 1 aliphatic heterocycles. The van der Waals surface area contributed by atoms with Gasteiger partial charge < -0.3 is 24.3 Å². The topological polar surface area (TPSA) is 107 Å². The van der Waals surface area contributed by atoms with Crippen LogP contribution >= 0.6 is 0 Å². The number of carbonyl (C=O) groups excluding carboxylic acids is 1. The third-order valence-electron chi connectivity index (χ3n) is 5.18. The molecule has 2 aromatic heterocycles. The average Bonchev–Trinajstić information content (AvgIpc) is 3.08. The van der Waals surface area contributed by atoms with Gasteiger partial charge in [-0.25, -0.2) is 9.31 Å². The van der Waals surface area contributed by atoms with Crippen molar-refractivity contribution in [3.63, 3.8) is 0 Å². The summed E-state index contributed by atoms with van der Waals surface area (Å²) in [6.45, 7) is 13.4. The first-order valence-corrected chi connectivity index (χ1v) is 9.86. The summed E-state index contributed by atoms with van der Waals surface area (Å²) in [5.74, 6) is 0. The number of H-pyrrole nitrogens is 1. The molecule has 0 aromatic carbocycles. The second-order valence-corrected chi connectivity index (χ2v) is 9.38. The molecule has 1 saturated heterocycles. The van der Waals surface area contributed by atoms with Crippen LogP contribution in [0.2, 0.25) is 0 Å². The van der Waals surface area contributed by atoms with Gasteiger partial charge in [-0.3, -0.25) is 4.79 Å². The second-order valence-electron chi connectivity index (χ2n) is 9.38. The first kappa shape index (κ1) is 22.1. The predicted octanol–water partition coefficient (Wildman–Crippen LogP) is 2.56. The van der Waals surface area contributed by atoms with E-state index >= 15 is 0 Å². The fourth-order valence-electron chi connectivity index (χ4n) is 2.94. The Morgan fingerprint density at radius 2 is 1.93 bits per heavy atom. The summed E-state index contributed by atoms with van der Waals surface area (Å²) in [5, 5.41) is 6.86. The Balaban J connectivity index is 1.90. The minimum Gasteiger partial charge on any atom is -0.444 e. The van der Waals surface area contributed by atoms with Gasteiger partial charge in [0.2, 0.25) is 0 Å². The molecule has 1 amide bonds. The van der Waals surface area contributed by atoms with E-state index in [0.717, 1.165) is 5.56 Å². The Kier molecular flexibility index (Phi) is 5.59. The Labute approximate surface area is 175 Å². The molecule has 9 nitrogen and oxygen atoms in total. The number of hydrogen-bond donors (Lipinski definition) is 2. The second kappa shape index (κ2) is 7.59. The Morgan fingerprint density at radius 1 is 1.30 bits per heavy atom. The zero-order valence-electron chi connectivity index (χ0n) is 18.5. The van der Waals surface area contributed by atoms with Crippen LogP contribution in [0.3, 0.4) is 0 Å². The van der Waals surface area contributed by atoms with Crippen molar-refractivity contribution in [2.75, 3.05) is 6.54 Å². The van der Waals surface area contributed by atoms with E-state index in [4.69, 9.17) is 14.0 Å². The molecule has 2 aromatic rings. The van der Waals surface area contributed by atoms with Crippen molar-refractivity contribution >= 4 is 24.8 Å². The van der Waals surface area contributed by atoms with E-state index in [9.17, 15) is 9.59 Å². The number of ether oxygens (including phenoxy) is 1. The average molecular weight is 416 g/mol. The number of rotatable bonds is 4. The zero-order chi connectivity index (χ0) is 22.3. The van der Waals surface area contributed by atoms with Gasteiger partial charge in [0.05, 0.1) is 11.2 Å². The first-order valence-electron chi connectivity index (χ1n) is 9.86. The molecule has 3 rings (SSSR count). The molecule has 0 atom stereocenters. The number of amides is 1. The van der Waals surface area contributed by atoms with E-state index in [1.54, 1.807) is 33.0 Å². The van der Waals surface area contributed by atoms with E-state index in [1.807, 2.05) is 33.8 Å². The van der Waals surface area contributed by atoms with E-state index in [1.165, 1.54) is 10.8 Å². The number of aromatic amines is 1. The Hall–Kier alpha value is -2.59. The minimum absolute atomic E-state index is 0.154. The molecule has 30 heavy (non-hydrogen) atoms. The monoisotopic (exact) mass is 416 g/mol. The standard InChI is InChI=1S/C20H29BN4O5/c1-18(2,3)28-17(27)22-10-14(21-29-19(4,5)20(6,7)30-21)8-13-9-15-16(26)23-12-24-25(15)11-13/h8-9,11-12H,10H2,1-7H3,(H,22,27)(H,23,24,26). The molecule has 0 bridgehead atoms. The van der Waals surface area contributed by atoms with Gasteiger partial charge in [-0.05, 0) is 65.6 Å². The lowest BCUT2D eigenvalue weighted by atomic mass is 9.77. The van der Waals surface area contributed by atoms with Crippen molar-refractivity contribution in [1.82, 2.24) is 19.9 Å². The van der Waals surface area contributed by atoms with Crippen LogP contribution in [0.15, 0.2) is 28.9 Å². The van der Waals surface area contributed by atoms with Crippen LogP contribution in [-0.2, 0) is 14.0 Å². The summed E-state index contributed by atoms with van der Waals surface area (Å²) in [5.41, 5.74) is -0.0855. The van der Waals surface area contributed by atoms with Crippen LogP contribution in [0, 0.1) is 0 Å². The molecule has 0 unspecified atom stereocenters. The number of aromatic nitrogens is 3. The molecule has 1 aliphatic rings. The van der Waals surface area contributed by atoms with E-state index in [2.05, 4.69) is 15.4 Å². The highest BCUT2D eigenvalue weighted by atomic mass is 16.7. The van der Waals surface area contributed by atoms with Crippen molar-refractivity contribution < 1.29 is 18.8 Å². The van der Waals surface area contributed by atoms with Gasteiger partial charge >= 0.3 is 13.2 Å². The normalized spacial score (nSPS) is 18.6. The molecule has 0 spiro atoms. The Bertz CT molecular complexity index is 1020. The number of alkyl carbamates (subject to hydrolysis) is 1. The van der Waals surface area contributed by atoms with Gasteiger partial charge in [0, 0.05) is 12.7 Å². The van der Waals surface area contributed by atoms with Crippen molar-refractivity contribution in [3.8, 4) is 0 Å². The third-order valence-corrected chi connectivity index (χ3v) is 5.18. The predicted molar refractivity (Wildman–Crippen MR) is 114 cm³/mol. The molecular weight excluding hydrogens is 387 g/mol. The van der Waals surface area contributed by atoms with E-state index in [-0.39, 0.29) is 12.1 Å². The van der Waals surface area contributed by atoms with Crippen molar-refractivity contribution in [1.29, 1.82) is 0 Å². The lowest BCUT2D eigenvalue weighted by molar-refractivity contribution is 0.00578. The number of fused-ring (bicyclic) bond motifs is 1. The van der Waals surface area contributed by atoms with Gasteiger partial charge in [0.15, 0.2) is 0 Å². The first-order chi connectivity index (χ1) is 13.8. The van der Waals surface area contributed by atoms with Crippen molar-refractivity contribution in [2.24, 2.45) is 0 Å². The molecule has 0 aliphatic carbocycles. The summed E-state index contributed by atoms with van der Waals surface area (Å²) in [4.78, 5) is 26.7. The highest BCUT2D eigenvalue weighted by Crippen LogP contribution is 2.38. The van der Waals surface area contributed by atoms with Crippen LogP contribution < -0.4 is 10.9 Å². The van der Waals surface area contributed by atoms with Gasteiger partial charge in [-0.1, -0.05) is 6.08 Å². The number of hydrogen-bond acceptors (Lipinski definition) is 6. The summed E-state index contributed by atoms with van der Waals surface area (Å²) in [6.07, 6.45) is 4.35. The fraction of sp³-hybridized carbons (Fsp3) is 0.550. The number of carbonyl (C=O) groups is 1. The summed E-state index contributed by atoms with van der Waals surface area (Å²) in [7, 11) is -0.667. The van der Waals surface area contributed by atoms with Crippen molar-refractivity contribution in [2.45, 2.75) is 65.3 Å². The highest BCUT2D eigenvalue weighted by molar-refractivity contribution is 6.56. The van der Waals surface area contributed by atoms with Crippen LogP contribution in [-0.4, -0.2) is 51.2 Å². The molecular formula is C20H29BN4O5. The molecule has 162 valence electrons. The molecule has 0 saturated carbocycles. The van der Waals surface area contributed by atoms with Gasteiger partial charge in [0.25, 0.3) is 5.56 Å². The third kappa shape index (κ3) is 4.76. The Morgan fingerprint density at radius 3 is 2.50 bits per heavy atom. The van der Waals surface area contributed by atoms with Gasteiger partial charge in [-0.2, -0.15) is 5.10 Å². The molecule has 0 radical (unpaired) electrons. The minimum atomic E-state index is -0.667. The summed E-state index contributed by atoms with van der Waals surface area (Å²) >= 11 is 0. The zero-order valence-corrected chi connectivity index (χ0v) is 18.5. The fourth-order valence-corrected chi connectivity index (χ4v) is 2.94. The van der Waals surface area contributed by atoms with Crippen LogP contribution in [0.25, 0.3) is 11.6 Å². The van der Waals surface area contributed by atoms with Crippen LogP contribution in [0.5, 0.6) is 0 Å². The van der Waals surface area contributed by atoms with E-state index in [0.29, 0.717) is 11.0 Å². The number of nitrogens with zero attached hydrogens (tertiary/aromatic N) is 2. The molecule has 2 N–H and O–H groups in total. The highest BCUT2D eigenvalue weighted by Gasteiger charge is 2.52. The lowest BCUT2D eigenvalue weighted by Crippen LogP contribution is -2.41. The van der Waals surface area contributed by atoms with Gasteiger partial charge in [-0.15, -0.1) is 0 Å². The maximum absolute atomic E-state index is 12.2. The summed E-state index contributed by atoms with van der Waals surface area (Å²) < 4.78 is 19.1. The molecule has 10 heteroatoms. The van der Waals surface area contributed by atoms with E-state index < -0.39 is 30.0 Å². The number of nitrogens with one attached hydrogen (secondary N) is 2. The van der Waals surface area contributed by atoms with Crippen LogP contribution in [0.4, 0.5) is 4.79 Å². The van der Waals surface area contributed by atoms with Gasteiger partial charge in [0.1, 0.15) is 17.4 Å². The van der Waals surface area contributed by atoms with Crippen LogP contribution in [0.1, 0.15) is 54.0 Å². The smallest absolute Gasteiger partial charge is 0.444 e. The van der Waals surface area contributed by atoms with Crippen molar-refractivity contribution in [3.05, 3.63) is 40.0 Å². The largest absolute Gasteiger partial charge is 0.492 e. The summed E-state index contributed by atoms with van der Waals surface area (Å²) in [6, 6.07) is 1.71. The SMILES string of the molecule is CC(C)(C)OC(=O)NCC(=Cc1cc2c(=O)[nH]cnn2c1)B1OC(C)(C)C(C)(C)O1. The maximum atomic E-state index is 12.2. The lowest BCUT2D eigenvalue weighted by Gasteiger charge is -2.32.